The third-order valence-electron chi connectivity index (χ3n) is 7.68. The molecule has 2 aliphatic heterocycles. The first-order valence-corrected chi connectivity index (χ1v) is 17.0. The van der Waals surface area contributed by atoms with Crippen LogP contribution in [0.4, 0.5) is 5.69 Å². The van der Waals surface area contributed by atoms with Gasteiger partial charge in [0.15, 0.2) is 0 Å². The van der Waals surface area contributed by atoms with Gasteiger partial charge in [0.25, 0.3) is 0 Å². The maximum Gasteiger partial charge on any atom is 0.327 e. The van der Waals surface area contributed by atoms with E-state index in [1.807, 2.05) is 30.3 Å². The highest BCUT2D eigenvalue weighted by Gasteiger charge is 2.38. The Morgan fingerprint density at radius 3 is 2.42 bits per heavy atom. The lowest BCUT2D eigenvalue weighted by molar-refractivity contribution is -0.138. The van der Waals surface area contributed by atoms with Crippen LogP contribution in [0.15, 0.2) is 48.5 Å². The lowest BCUT2D eigenvalue weighted by Gasteiger charge is -2.29. The molecule has 1 unspecified atom stereocenters. The second-order valence-electron chi connectivity index (χ2n) is 10.7. The second kappa shape index (κ2) is 16.9. The number of unbranched alkanes of at least 4 members (excludes halogenated alkanes) is 3. The summed E-state index contributed by atoms with van der Waals surface area (Å²) >= 11 is 1.46. The number of imide groups is 1. The summed E-state index contributed by atoms with van der Waals surface area (Å²) in [4.78, 5) is 71.5. The summed E-state index contributed by atoms with van der Waals surface area (Å²) in [6.45, 7) is 0.987. The number of para-hydroxylation sites is 1. The third kappa shape index (κ3) is 9.84. The van der Waals surface area contributed by atoms with Crippen molar-refractivity contribution in [2.24, 2.45) is 0 Å². The van der Waals surface area contributed by atoms with E-state index in [-0.39, 0.29) is 56.0 Å². The number of rotatable bonds is 15. The van der Waals surface area contributed by atoms with Crippen LogP contribution < -0.4 is 10.2 Å². The number of thioether (sulfide) groups is 1. The van der Waals surface area contributed by atoms with Crippen LogP contribution in [0.1, 0.15) is 61.6 Å². The zero-order chi connectivity index (χ0) is 30.6. The maximum atomic E-state index is 13.4. The average Bonchev–Trinajstić information content (AvgIpc) is 3.25. The summed E-state index contributed by atoms with van der Waals surface area (Å²) in [5.41, 5.74) is 4.38. The van der Waals surface area contributed by atoms with Gasteiger partial charge in [-0.1, -0.05) is 55.3 Å². The lowest BCUT2D eigenvalue weighted by Crippen LogP contribution is -2.37. The summed E-state index contributed by atoms with van der Waals surface area (Å²) in [5.74, 6) is -0.147. The Morgan fingerprint density at radius 1 is 0.930 bits per heavy atom. The number of fused-ring (bicyclic) bond motifs is 2. The van der Waals surface area contributed by atoms with E-state index < -0.39 is 13.9 Å². The van der Waals surface area contributed by atoms with Gasteiger partial charge in [0.05, 0.1) is 18.4 Å². The molecule has 2 aromatic rings. The lowest BCUT2D eigenvalue weighted by atomic mass is 9.95. The summed E-state index contributed by atoms with van der Waals surface area (Å²) < 4.78 is 4.73. The molecule has 0 bridgehead atoms. The van der Waals surface area contributed by atoms with E-state index in [4.69, 9.17) is 14.3 Å². The topological polar surface area (TPSA) is 136 Å². The standard InChI is InChI=1S/C31H40N3O7PS/c35-28(16-18-33-30(37)21-27(31(33)38)43-20-8-2-1-7-19-41-42(39)40)32-17-15-29(36)34-22-25-11-4-3-9-23(25)13-14-24-10-5-6-12-26(24)34/h3-6,9-12,27,39-40H,1-2,7-8,13-22H2,(H,32,35). The average molecular weight is 630 g/mol. The molecule has 1 atom stereocenters. The molecule has 4 rings (SSSR count). The number of amides is 4. The summed E-state index contributed by atoms with van der Waals surface area (Å²) in [7, 11) is -2.30. The van der Waals surface area contributed by atoms with Crippen molar-refractivity contribution in [1.29, 1.82) is 0 Å². The molecule has 232 valence electrons. The Balaban J connectivity index is 1.17. The normalized spacial score (nSPS) is 16.6. The van der Waals surface area contributed by atoms with Crippen LogP contribution in [0.2, 0.25) is 0 Å². The summed E-state index contributed by atoms with van der Waals surface area (Å²) in [5, 5.41) is 2.36. The van der Waals surface area contributed by atoms with Crippen molar-refractivity contribution < 1.29 is 33.5 Å². The van der Waals surface area contributed by atoms with Crippen LogP contribution in [0.5, 0.6) is 0 Å². The number of likely N-dealkylation sites (tertiary alicyclic amines) is 1. The molecular formula is C31H40N3O7PS. The van der Waals surface area contributed by atoms with Crippen molar-refractivity contribution in [2.45, 2.75) is 69.6 Å². The highest BCUT2D eigenvalue weighted by atomic mass is 32.2. The molecule has 3 N–H and O–H groups in total. The number of anilines is 1. The first-order chi connectivity index (χ1) is 20.8. The molecular weight excluding hydrogens is 589 g/mol. The molecule has 12 heteroatoms. The molecule has 10 nitrogen and oxygen atoms in total. The number of carbonyl (C=O) groups is 4. The molecule has 4 amide bonds. The first kappa shape index (κ1) is 33.1. The minimum Gasteiger partial charge on any atom is -0.356 e. The fourth-order valence-corrected chi connectivity index (χ4v) is 6.86. The van der Waals surface area contributed by atoms with Crippen LogP contribution in [0.3, 0.4) is 0 Å². The Labute approximate surface area is 258 Å². The molecule has 2 heterocycles. The molecule has 2 aliphatic rings. The van der Waals surface area contributed by atoms with E-state index in [2.05, 4.69) is 23.5 Å². The SMILES string of the molecule is O=C(CCN1C(=O)CC(SCCCCCCOP(O)O)C1=O)NCCC(=O)N1Cc2ccccc2CCc2ccccc21. The van der Waals surface area contributed by atoms with Crippen LogP contribution in [-0.4, -0.2) is 69.0 Å². The summed E-state index contributed by atoms with van der Waals surface area (Å²) in [6.07, 6.45) is 5.46. The number of benzene rings is 2. The van der Waals surface area contributed by atoms with E-state index >= 15 is 0 Å². The number of hydrogen-bond donors (Lipinski definition) is 3. The maximum absolute atomic E-state index is 13.4. The second-order valence-corrected chi connectivity index (χ2v) is 12.7. The zero-order valence-corrected chi connectivity index (χ0v) is 26.0. The first-order valence-electron chi connectivity index (χ1n) is 14.8. The highest BCUT2D eigenvalue weighted by molar-refractivity contribution is 8.00. The predicted octanol–water partition coefficient (Wildman–Crippen LogP) is 3.86. The van der Waals surface area contributed by atoms with Gasteiger partial charge in [0, 0.05) is 38.0 Å². The van der Waals surface area contributed by atoms with Crippen LogP contribution in [-0.2, 0) is 43.1 Å². The van der Waals surface area contributed by atoms with Crippen LogP contribution in [0.25, 0.3) is 0 Å². The largest absolute Gasteiger partial charge is 0.356 e. The van der Waals surface area contributed by atoms with E-state index in [9.17, 15) is 19.2 Å². The van der Waals surface area contributed by atoms with Gasteiger partial charge in [0.2, 0.25) is 23.6 Å². The summed E-state index contributed by atoms with van der Waals surface area (Å²) in [6, 6.07) is 16.1. The quantitative estimate of drug-likeness (QED) is 0.154. The zero-order valence-electron chi connectivity index (χ0n) is 24.3. The van der Waals surface area contributed by atoms with Gasteiger partial charge in [-0.3, -0.25) is 24.1 Å². The molecule has 0 aliphatic carbocycles. The molecule has 0 spiro atoms. The molecule has 1 saturated heterocycles. The minimum atomic E-state index is -2.30. The van der Waals surface area contributed by atoms with Crippen molar-refractivity contribution in [1.82, 2.24) is 10.2 Å². The molecule has 0 radical (unpaired) electrons. The molecule has 1 fully saturated rings. The minimum absolute atomic E-state index is 0.00504. The van der Waals surface area contributed by atoms with Crippen molar-refractivity contribution >= 4 is 49.7 Å². The van der Waals surface area contributed by atoms with Crippen LogP contribution in [0, 0.1) is 0 Å². The van der Waals surface area contributed by atoms with Gasteiger partial charge in [-0.05, 0) is 54.2 Å². The molecule has 43 heavy (non-hydrogen) atoms. The van der Waals surface area contributed by atoms with E-state index in [1.54, 1.807) is 4.90 Å². The van der Waals surface area contributed by atoms with Gasteiger partial charge < -0.3 is 24.5 Å². The molecule has 2 aromatic carbocycles. The van der Waals surface area contributed by atoms with Gasteiger partial charge in [-0.2, -0.15) is 0 Å². The van der Waals surface area contributed by atoms with Crippen molar-refractivity contribution in [3.05, 3.63) is 65.2 Å². The van der Waals surface area contributed by atoms with Crippen molar-refractivity contribution in [2.75, 3.05) is 30.3 Å². The smallest absolute Gasteiger partial charge is 0.327 e. The number of nitrogens with zero attached hydrogens (tertiary/aromatic N) is 2. The predicted molar refractivity (Wildman–Crippen MR) is 167 cm³/mol. The Bertz CT molecular complexity index is 1280. The van der Waals surface area contributed by atoms with Gasteiger partial charge in [-0.15, -0.1) is 11.8 Å². The third-order valence-corrected chi connectivity index (χ3v) is 9.39. The van der Waals surface area contributed by atoms with Crippen LogP contribution >= 0.6 is 20.4 Å². The fourth-order valence-electron chi connectivity index (χ4n) is 5.38. The highest BCUT2D eigenvalue weighted by Crippen LogP contribution is 2.29. The Kier molecular flexibility index (Phi) is 13.0. The number of nitrogens with one attached hydrogen (secondary N) is 1. The Hall–Kier alpha value is -2.82. The molecule has 0 aromatic heterocycles. The van der Waals surface area contributed by atoms with Gasteiger partial charge >= 0.3 is 8.60 Å². The van der Waals surface area contributed by atoms with Crippen molar-refractivity contribution in [3.8, 4) is 0 Å². The van der Waals surface area contributed by atoms with E-state index in [1.165, 1.54) is 22.2 Å². The number of aryl methyl sites for hydroxylation is 2. The number of hydrogen-bond acceptors (Lipinski definition) is 8. The van der Waals surface area contributed by atoms with Gasteiger partial charge in [-0.25, -0.2) is 0 Å². The molecule has 0 saturated carbocycles. The fraction of sp³-hybridized carbons (Fsp3) is 0.484. The van der Waals surface area contributed by atoms with Gasteiger partial charge in [0.1, 0.15) is 0 Å². The van der Waals surface area contributed by atoms with Crippen molar-refractivity contribution in [3.63, 3.8) is 0 Å². The number of carbonyl (C=O) groups excluding carboxylic acids is 4. The van der Waals surface area contributed by atoms with E-state index in [0.717, 1.165) is 61.1 Å². The van der Waals surface area contributed by atoms with E-state index in [0.29, 0.717) is 13.2 Å². The monoisotopic (exact) mass is 629 g/mol. The Morgan fingerprint density at radius 2 is 1.63 bits per heavy atom.